The molecule has 7 heteroatoms. The van der Waals surface area contributed by atoms with Gasteiger partial charge in [0.05, 0.1) is 11.1 Å². The minimum absolute atomic E-state index is 0.00787. The Bertz CT molecular complexity index is 669. The van der Waals surface area contributed by atoms with Gasteiger partial charge in [-0.25, -0.2) is 0 Å². The maximum Gasteiger partial charge on any atom is 0.416 e. The number of hydrogen-bond acceptors (Lipinski definition) is 0. The Morgan fingerprint density at radius 1 is 0.667 bits per heavy atom. The lowest BCUT2D eigenvalue weighted by Gasteiger charge is -2.26. The summed E-state index contributed by atoms with van der Waals surface area (Å²) in [5, 5.41) is -0.886. The van der Waals surface area contributed by atoms with Gasteiger partial charge in [0.2, 0.25) is 0 Å². The van der Waals surface area contributed by atoms with Crippen molar-refractivity contribution in [3.05, 3.63) is 65.2 Å². The highest BCUT2D eigenvalue weighted by molar-refractivity contribution is 6.56. The molecule has 0 aliphatic heterocycles. The van der Waals surface area contributed by atoms with E-state index in [4.69, 9.17) is 0 Å². The summed E-state index contributed by atoms with van der Waals surface area (Å²) in [7, 11) is 0.326. The SMILES string of the molecule is CC(C)(Bc1ccccc1)c1cc(C(F)(F)F)cc(C(F)(F)F)c1. The second kappa shape index (κ2) is 6.18. The summed E-state index contributed by atoms with van der Waals surface area (Å²) in [5.41, 5.74) is -1.72. The second-order valence-corrected chi connectivity index (χ2v) is 6.34. The van der Waals surface area contributed by atoms with Crippen molar-refractivity contribution in [2.24, 2.45) is 0 Å². The summed E-state index contributed by atoms with van der Waals surface area (Å²) in [6.07, 6.45) is -9.67. The molecule has 2 aromatic rings. The van der Waals surface area contributed by atoms with Gasteiger partial charge in [-0.1, -0.05) is 49.6 Å². The lowest BCUT2D eigenvalue weighted by Crippen LogP contribution is -2.35. The fourth-order valence-electron chi connectivity index (χ4n) is 2.55. The average Bonchev–Trinajstić information content (AvgIpc) is 2.45. The molecule has 128 valence electrons. The summed E-state index contributed by atoms with van der Waals surface area (Å²) in [6, 6.07) is 10.7. The second-order valence-electron chi connectivity index (χ2n) is 6.34. The summed E-state index contributed by atoms with van der Waals surface area (Å²) in [6.45, 7) is 3.27. The molecule has 0 radical (unpaired) electrons. The van der Waals surface area contributed by atoms with Crippen molar-refractivity contribution >= 4 is 12.7 Å². The molecule has 0 bridgehead atoms. The molecule has 0 amide bonds. The zero-order valence-corrected chi connectivity index (χ0v) is 13.1. The molecule has 0 saturated carbocycles. The Hall–Kier alpha value is -1.92. The molecule has 0 saturated heterocycles. The van der Waals surface area contributed by atoms with Crippen molar-refractivity contribution in [1.29, 1.82) is 0 Å². The van der Waals surface area contributed by atoms with Crippen LogP contribution in [-0.4, -0.2) is 7.28 Å². The van der Waals surface area contributed by atoms with Crippen LogP contribution in [0.2, 0.25) is 0 Å². The van der Waals surface area contributed by atoms with Crippen LogP contribution in [0.4, 0.5) is 26.3 Å². The molecule has 0 atom stereocenters. The van der Waals surface area contributed by atoms with Crippen molar-refractivity contribution in [2.45, 2.75) is 31.5 Å². The van der Waals surface area contributed by atoms with Crippen LogP contribution in [0.5, 0.6) is 0 Å². The summed E-state index contributed by atoms with van der Waals surface area (Å²) in [4.78, 5) is 0. The Morgan fingerprint density at radius 3 is 1.50 bits per heavy atom. The molecule has 0 aliphatic carbocycles. The summed E-state index contributed by atoms with van der Waals surface area (Å²) < 4.78 is 77.9. The highest BCUT2D eigenvalue weighted by Crippen LogP contribution is 2.38. The van der Waals surface area contributed by atoms with E-state index in [2.05, 4.69) is 0 Å². The quantitative estimate of drug-likeness (QED) is 0.558. The van der Waals surface area contributed by atoms with Crippen molar-refractivity contribution in [1.82, 2.24) is 0 Å². The molecule has 0 fully saturated rings. The third-order valence-electron chi connectivity index (χ3n) is 3.86. The maximum absolute atomic E-state index is 13.0. The number of halogens is 6. The molecule has 0 heterocycles. The van der Waals surface area contributed by atoms with Gasteiger partial charge < -0.3 is 0 Å². The van der Waals surface area contributed by atoms with E-state index in [1.807, 2.05) is 0 Å². The maximum atomic E-state index is 13.0. The van der Waals surface area contributed by atoms with Crippen LogP contribution in [-0.2, 0) is 17.7 Å². The van der Waals surface area contributed by atoms with Crippen LogP contribution in [0, 0.1) is 0 Å². The van der Waals surface area contributed by atoms with Crippen LogP contribution < -0.4 is 5.46 Å². The van der Waals surface area contributed by atoms with Gasteiger partial charge in [0, 0.05) is 0 Å². The van der Waals surface area contributed by atoms with Crippen LogP contribution in [0.1, 0.15) is 30.5 Å². The van der Waals surface area contributed by atoms with E-state index >= 15 is 0 Å². The minimum Gasteiger partial charge on any atom is -0.166 e. The number of benzene rings is 2. The smallest absolute Gasteiger partial charge is 0.166 e. The average molecular weight is 344 g/mol. The van der Waals surface area contributed by atoms with E-state index in [1.165, 1.54) is 0 Å². The van der Waals surface area contributed by atoms with E-state index in [0.717, 1.165) is 17.6 Å². The molecule has 2 rings (SSSR count). The highest BCUT2D eigenvalue weighted by Gasteiger charge is 2.38. The monoisotopic (exact) mass is 344 g/mol. The largest absolute Gasteiger partial charge is 0.416 e. The molecule has 0 unspecified atom stereocenters. The van der Waals surface area contributed by atoms with E-state index in [0.29, 0.717) is 7.28 Å². The van der Waals surface area contributed by atoms with Crippen molar-refractivity contribution < 1.29 is 26.3 Å². The molecular formula is C17H15BF6. The van der Waals surface area contributed by atoms with Crippen LogP contribution >= 0.6 is 0 Å². The number of rotatable bonds is 3. The first-order valence-corrected chi connectivity index (χ1v) is 7.23. The molecule has 2 aromatic carbocycles. The van der Waals surface area contributed by atoms with E-state index in [-0.39, 0.29) is 11.6 Å². The molecule has 0 spiro atoms. The number of alkyl halides is 6. The molecule has 0 aromatic heterocycles. The van der Waals surface area contributed by atoms with Crippen LogP contribution in [0.15, 0.2) is 48.5 Å². The van der Waals surface area contributed by atoms with Crippen molar-refractivity contribution in [2.75, 3.05) is 0 Å². The molecule has 24 heavy (non-hydrogen) atoms. The predicted molar refractivity (Wildman–Crippen MR) is 82.7 cm³/mol. The van der Waals surface area contributed by atoms with Gasteiger partial charge in [-0.05, 0) is 29.1 Å². The normalized spacial score (nSPS) is 13.0. The first-order valence-electron chi connectivity index (χ1n) is 7.23. The Morgan fingerprint density at radius 2 is 1.08 bits per heavy atom. The zero-order valence-electron chi connectivity index (χ0n) is 13.1. The first kappa shape index (κ1) is 18.4. The topological polar surface area (TPSA) is 0 Å². The van der Waals surface area contributed by atoms with Crippen molar-refractivity contribution in [3.8, 4) is 0 Å². The van der Waals surface area contributed by atoms with Gasteiger partial charge in [-0.15, -0.1) is 0 Å². The first-order chi connectivity index (χ1) is 10.9. The third-order valence-corrected chi connectivity index (χ3v) is 3.86. The highest BCUT2D eigenvalue weighted by atomic mass is 19.4. The zero-order chi connectivity index (χ0) is 18.2. The lowest BCUT2D eigenvalue weighted by molar-refractivity contribution is -0.143. The lowest BCUT2D eigenvalue weighted by atomic mass is 9.48. The van der Waals surface area contributed by atoms with Crippen LogP contribution in [0.25, 0.3) is 0 Å². The van der Waals surface area contributed by atoms with Gasteiger partial charge in [0.15, 0.2) is 7.28 Å². The van der Waals surface area contributed by atoms with Gasteiger partial charge in [0.1, 0.15) is 0 Å². The van der Waals surface area contributed by atoms with E-state index < -0.39 is 28.8 Å². The Balaban J connectivity index is 2.51. The Kier molecular flexibility index (Phi) is 4.75. The van der Waals surface area contributed by atoms with E-state index in [1.54, 1.807) is 44.2 Å². The predicted octanol–water partition coefficient (Wildman–Crippen LogP) is 4.72. The molecular weight excluding hydrogens is 329 g/mol. The number of hydrogen-bond donors (Lipinski definition) is 0. The van der Waals surface area contributed by atoms with Gasteiger partial charge in [0.25, 0.3) is 0 Å². The standard InChI is InChI=1S/C17H15BF6/c1-15(2,18-14-6-4-3-5-7-14)11-8-12(16(19,20)21)10-13(9-11)17(22,23)24/h3-10,18H,1-2H3. The van der Waals surface area contributed by atoms with Crippen molar-refractivity contribution in [3.63, 3.8) is 0 Å². The van der Waals surface area contributed by atoms with Crippen LogP contribution in [0.3, 0.4) is 0 Å². The molecule has 0 N–H and O–H groups in total. The Labute approximate surface area is 136 Å². The minimum atomic E-state index is -4.83. The third kappa shape index (κ3) is 4.33. The van der Waals surface area contributed by atoms with Gasteiger partial charge >= 0.3 is 12.4 Å². The van der Waals surface area contributed by atoms with E-state index in [9.17, 15) is 26.3 Å². The fourth-order valence-corrected chi connectivity index (χ4v) is 2.55. The fraction of sp³-hybridized carbons (Fsp3) is 0.294. The molecule has 0 nitrogen and oxygen atoms in total. The molecule has 0 aliphatic rings. The summed E-state index contributed by atoms with van der Waals surface area (Å²) >= 11 is 0. The summed E-state index contributed by atoms with van der Waals surface area (Å²) in [5.74, 6) is 0. The van der Waals surface area contributed by atoms with Gasteiger partial charge in [-0.2, -0.15) is 26.3 Å². The van der Waals surface area contributed by atoms with Gasteiger partial charge in [-0.3, -0.25) is 0 Å².